The fourth-order valence-electron chi connectivity index (χ4n) is 3.38. The summed E-state index contributed by atoms with van der Waals surface area (Å²) < 4.78 is 5.85. The summed E-state index contributed by atoms with van der Waals surface area (Å²) in [5, 5.41) is 0. The highest BCUT2D eigenvalue weighted by atomic mass is 16.5. The molecule has 126 valence electrons. The van der Waals surface area contributed by atoms with Gasteiger partial charge >= 0.3 is 0 Å². The molecule has 2 aliphatic rings. The molecule has 0 aromatic carbocycles. The van der Waals surface area contributed by atoms with Crippen molar-refractivity contribution in [2.24, 2.45) is 11.8 Å². The largest absolute Gasteiger partial charge is 0.375 e. The molecule has 2 nitrogen and oxygen atoms in total. The van der Waals surface area contributed by atoms with Gasteiger partial charge in [0.15, 0.2) is 0 Å². The highest BCUT2D eigenvalue weighted by molar-refractivity contribution is 4.88. The van der Waals surface area contributed by atoms with E-state index in [0.717, 1.165) is 24.8 Å². The first-order chi connectivity index (χ1) is 9.70. The first-order valence-corrected chi connectivity index (χ1v) is 9.07. The fraction of sp³-hybridized carbons (Fsp3) is 1.00. The van der Waals surface area contributed by atoms with Gasteiger partial charge < -0.3 is 9.64 Å². The number of hydrogen-bond acceptors (Lipinski definition) is 2. The van der Waals surface area contributed by atoms with Crippen molar-refractivity contribution in [1.29, 1.82) is 0 Å². The number of likely N-dealkylation sites (tertiary alicyclic amines) is 1. The highest BCUT2D eigenvalue weighted by Crippen LogP contribution is 2.28. The molecule has 2 fully saturated rings. The Morgan fingerprint density at radius 2 is 1.43 bits per heavy atom. The highest BCUT2D eigenvalue weighted by Gasteiger charge is 2.32. The molecule has 1 unspecified atom stereocenters. The molecule has 0 radical (unpaired) electrons. The van der Waals surface area contributed by atoms with Gasteiger partial charge in [0.1, 0.15) is 0 Å². The molecule has 0 aromatic heterocycles. The van der Waals surface area contributed by atoms with Crippen molar-refractivity contribution < 1.29 is 4.74 Å². The molecule has 0 bridgehead atoms. The molecule has 1 atom stereocenters. The van der Waals surface area contributed by atoms with Crippen LogP contribution in [-0.4, -0.2) is 36.2 Å². The molecule has 0 spiro atoms. The molecular formula is C19H39NO. The van der Waals surface area contributed by atoms with E-state index in [9.17, 15) is 0 Å². The molecule has 1 aliphatic heterocycles. The van der Waals surface area contributed by atoms with Gasteiger partial charge in [0.05, 0.1) is 12.2 Å². The first kappa shape index (κ1) is 19.0. The van der Waals surface area contributed by atoms with E-state index >= 15 is 0 Å². The summed E-state index contributed by atoms with van der Waals surface area (Å²) in [5.74, 6) is 2.04. The molecule has 1 heterocycles. The number of rotatable bonds is 2. The predicted octanol–water partition coefficient (Wildman–Crippen LogP) is 5.12. The van der Waals surface area contributed by atoms with Gasteiger partial charge in [-0.15, -0.1) is 0 Å². The lowest BCUT2D eigenvalue weighted by atomic mass is 9.84. The molecule has 0 N–H and O–H groups in total. The minimum atomic E-state index is 0.303. The third kappa shape index (κ3) is 7.15. The van der Waals surface area contributed by atoms with Crippen molar-refractivity contribution >= 4 is 0 Å². The van der Waals surface area contributed by atoms with Gasteiger partial charge in [0.2, 0.25) is 0 Å². The second-order valence-electron chi connectivity index (χ2n) is 8.40. The third-order valence-electron chi connectivity index (χ3n) is 5.32. The van der Waals surface area contributed by atoms with Crippen molar-refractivity contribution in [3.05, 3.63) is 0 Å². The Morgan fingerprint density at radius 1 is 0.952 bits per heavy atom. The van der Waals surface area contributed by atoms with Gasteiger partial charge in [-0.25, -0.2) is 0 Å². The van der Waals surface area contributed by atoms with Crippen LogP contribution in [0.2, 0.25) is 0 Å². The van der Waals surface area contributed by atoms with Crippen LogP contribution < -0.4 is 0 Å². The first-order valence-electron chi connectivity index (χ1n) is 9.07. The second kappa shape index (κ2) is 8.53. The zero-order valence-electron chi connectivity index (χ0n) is 15.6. The van der Waals surface area contributed by atoms with Gasteiger partial charge in [0, 0.05) is 12.1 Å². The van der Waals surface area contributed by atoms with Crippen molar-refractivity contribution in [3.8, 4) is 0 Å². The standard InChI is InChI=1S/C11H23NO.C8H16/c1-9(2)13-10-6-7-12(5)11(3,4)8-10;1-7-3-5-8(2)6-4-7/h9-10H,6-8H2,1-5H3;7-8H,3-6H2,1-2H3. The minimum Gasteiger partial charge on any atom is -0.375 e. The molecule has 2 rings (SSSR count). The number of piperidine rings is 1. The summed E-state index contributed by atoms with van der Waals surface area (Å²) in [6, 6.07) is 0. The minimum absolute atomic E-state index is 0.303. The van der Waals surface area contributed by atoms with Crippen LogP contribution in [0, 0.1) is 11.8 Å². The van der Waals surface area contributed by atoms with Gasteiger partial charge in [-0.1, -0.05) is 39.5 Å². The average Bonchev–Trinajstić information content (AvgIpc) is 2.37. The van der Waals surface area contributed by atoms with Crippen molar-refractivity contribution in [2.75, 3.05) is 13.6 Å². The molecule has 0 amide bonds. The van der Waals surface area contributed by atoms with Crippen molar-refractivity contribution in [1.82, 2.24) is 4.90 Å². The Bertz CT molecular complexity index is 269. The molecule has 0 aromatic rings. The molecule has 1 aliphatic carbocycles. The van der Waals surface area contributed by atoms with Crippen LogP contribution in [0.25, 0.3) is 0 Å². The van der Waals surface area contributed by atoms with E-state index in [-0.39, 0.29) is 0 Å². The zero-order valence-corrected chi connectivity index (χ0v) is 15.6. The quantitative estimate of drug-likeness (QED) is 0.701. The SMILES string of the molecule is CC(C)OC1CCN(C)C(C)(C)C1.CC1CCC(C)CC1. The van der Waals surface area contributed by atoms with Crippen LogP contribution >= 0.6 is 0 Å². The summed E-state index contributed by atoms with van der Waals surface area (Å²) in [5.41, 5.74) is 0.303. The maximum Gasteiger partial charge on any atom is 0.0608 e. The Balaban J connectivity index is 0.000000235. The van der Waals surface area contributed by atoms with E-state index in [1.54, 1.807) is 0 Å². The van der Waals surface area contributed by atoms with Crippen LogP contribution in [0.15, 0.2) is 0 Å². The molecule has 2 heteroatoms. The van der Waals surface area contributed by atoms with Gasteiger partial charge in [0.25, 0.3) is 0 Å². The maximum atomic E-state index is 5.85. The van der Waals surface area contributed by atoms with E-state index in [4.69, 9.17) is 4.74 Å². The summed E-state index contributed by atoms with van der Waals surface area (Å²) in [6.07, 6.45) is 9.06. The summed E-state index contributed by atoms with van der Waals surface area (Å²) >= 11 is 0. The zero-order chi connectivity index (χ0) is 16.0. The second-order valence-corrected chi connectivity index (χ2v) is 8.40. The van der Waals surface area contributed by atoms with Crippen molar-refractivity contribution in [3.63, 3.8) is 0 Å². The van der Waals surface area contributed by atoms with E-state index in [2.05, 4.69) is 53.5 Å². The number of hydrogen-bond donors (Lipinski definition) is 0. The Morgan fingerprint density at radius 3 is 1.81 bits per heavy atom. The number of ether oxygens (including phenoxy) is 1. The van der Waals surface area contributed by atoms with E-state index in [1.165, 1.54) is 32.1 Å². The Hall–Kier alpha value is -0.0800. The lowest BCUT2D eigenvalue weighted by molar-refractivity contribution is -0.0593. The smallest absolute Gasteiger partial charge is 0.0608 e. The van der Waals surface area contributed by atoms with Crippen LogP contribution in [0.4, 0.5) is 0 Å². The van der Waals surface area contributed by atoms with Crippen molar-refractivity contribution in [2.45, 2.75) is 97.8 Å². The van der Waals surface area contributed by atoms with Crippen LogP contribution in [0.1, 0.15) is 80.1 Å². The van der Waals surface area contributed by atoms with E-state index < -0.39 is 0 Å². The van der Waals surface area contributed by atoms with Gasteiger partial charge in [-0.2, -0.15) is 0 Å². The Labute approximate surface area is 133 Å². The van der Waals surface area contributed by atoms with E-state index in [1.807, 2.05) is 0 Å². The van der Waals surface area contributed by atoms with Gasteiger partial charge in [-0.05, 0) is 59.4 Å². The lowest BCUT2D eigenvalue weighted by Gasteiger charge is -2.43. The number of nitrogens with zero attached hydrogens (tertiary/aromatic N) is 1. The van der Waals surface area contributed by atoms with Crippen LogP contribution in [-0.2, 0) is 4.74 Å². The Kier molecular flexibility index (Phi) is 7.70. The normalized spacial score (nSPS) is 33.4. The molecule has 1 saturated carbocycles. The molecule has 21 heavy (non-hydrogen) atoms. The lowest BCUT2D eigenvalue weighted by Crippen LogP contribution is -2.50. The van der Waals surface area contributed by atoms with Gasteiger partial charge in [-0.3, -0.25) is 0 Å². The summed E-state index contributed by atoms with van der Waals surface area (Å²) in [7, 11) is 2.20. The molecular weight excluding hydrogens is 258 g/mol. The summed E-state index contributed by atoms with van der Waals surface area (Å²) in [6.45, 7) is 14.7. The van der Waals surface area contributed by atoms with E-state index in [0.29, 0.717) is 17.7 Å². The topological polar surface area (TPSA) is 12.5 Å². The summed E-state index contributed by atoms with van der Waals surface area (Å²) in [4.78, 5) is 2.42. The monoisotopic (exact) mass is 297 g/mol. The third-order valence-corrected chi connectivity index (χ3v) is 5.32. The average molecular weight is 298 g/mol. The van der Waals surface area contributed by atoms with Crippen LogP contribution in [0.3, 0.4) is 0 Å². The van der Waals surface area contributed by atoms with Crippen LogP contribution in [0.5, 0.6) is 0 Å². The molecule has 1 saturated heterocycles. The predicted molar refractivity (Wildman–Crippen MR) is 92.7 cm³/mol. The maximum absolute atomic E-state index is 5.85. The fourth-order valence-corrected chi connectivity index (χ4v) is 3.38.